The van der Waals surface area contributed by atoms with E-state index in [4.69, 9.17) is 4.74 Å². The molecule has 1 unspecified atom stereocenters. The number of halogens is 1. The zero-order valence-corrected chi connectivity index (χ0v) is 13.5. The number of carbonyl (C=O) groups excluding carboxylic acids is 1. The summed E-state index contributed by atoms with van der Waals surface area (Å²) in [5, 5.41) is 0. The molecule has 122 valence electrons. The summed E-state index contributed by atoms with van der Waals surface area (Å²) in [6.07, 6.45) is -0.569. The summed E-state index contributed by atoms with van der Waals surface area (Å²) in [5.74, 6) is -0.305. The molecule has 2 aromatic carbocycles. The minimum Gasteiger partial charge on any atom is -0.443 e. The average Bonchev–Trinajstić information content (AvgIpc) is 2.48. The number of benzene rings is 2. The van der Waals surface area contributed by atoms with Crippen molar-refractivity contribution >= 4 is 6.09 Å². The molecule has 0 radical (unpaired) electrons. The Hall–Kier alpha value is -2.40. The summed E-state index contributed by atoms with van der Waals surface area (Å²) in [7, 11) is 0. The first kappa shape index (κ1) is 17.0. The van der Waals surface area contributed by atoms with E-state index in [-0.39, 0.29) is 11.9 Å². The number of hydrazine groups is 1. The zero-order chi connectivity index (χ0) is 16.9. The lowest BCUT2D eigenvalue weighted by atomic mass is 9.99. The number of carbonyl (C=O) groups is 1. The maximum atomic E-state index is 13.1. The van der Waals surface area contributed by atoms with Gasteiger partial charge in [0.05, 0.1) is 6.04 Å². The van der Waals surface area contributed by atoms with Crippen molar-refractivity contribution in [2.24, 2.45) is 0 Å². The van der Waals surface area contributed by atoms with Crippen LogP contribution in [0.2, 0.25) is 0 Å². The van der Waals surface area contributed by atoms with E-state index in [2.05, 4.69) is 10.9 Å². The Morgan fingerprint density at radius 1 is 1.00 bits per heavy atom. The highest BCUT2D eigenvalue weighted by Gasteiger charge is 2.19. The van der Waals surface area contributed by atoms with Crippen molar-refractivity contribution in [3.05, 3.63) is 71.5 Å². The Kier molecular flexibility index (Phi) is 5.34. The highest BCUT2D eigenvalue weighted by Crippen LogP contribution is 2.21. The molecule has 2 aromatic rings. The fraction of sp³-hybridized carbons (Fsp3) is 0.278. The number of rotatable bonds is 4. The first-order valence-electron chi connectivity index (χ1n) is 7.40. The molecule has 0 aromatic heterocycles. The predicted molar refractivity (Wildman–Crippen MR) is 87.2 cm³/mol. The number of amides is 1. The quantitative estimate of drug-likeness (QED) is 0.840. The van der Waals surface area contributed by atoms with E-state index in [1.807, 2.05) is 30.3 Å². The van der Waals surface area contributed by atoms with Crippen LogP contribution in [0.25, 0.3) is 0 Å². The first-order valence-corrected chi connectivity index (χ1v) is 7.40. The average molecular weight is 316 g/mol. The normalized spacial score (nSPS) is 12.5. The molecule has 1 amide bonds. The Morgan fingerprint density at radius 2 is 1.57 bits per heavy atom. The monoisotopic (exact) mass is 316 g/mol. The van der Waals surface area contributed by atoms with Crippen LogP contribution in [0.1, 0.15) is 37.9 Å². The Bertz CT molecular complexity index is 636. The maximum absolute atomic E-state index is 13.1. The van der Waals surface area contributed by atoms with Crippen LogP contribution in [0.15, 0.2) is 54.6 Å². The molecule has 1 atom stereocenters. The van der Waals surface area contributed by atoms with Crippen molar-refractivity contribution in [3.63, 3.8) is 0 Å². The molecule has 0 saturated carbocycles. The zero-order valence-electron chi connectivity index (χ0n) is 13.5. The molecule has 0 fully saturated rings. The van der Waals surface area contributed by atoms with Crippen molar-refractivity contribution < 1.29 is 13.9 Å². The van der Waals surface area contributed by atoms with Crippen molar-refractivity contribution in [2.75, 3.05) is 0 Å². The van der Waals surface area contributed by atoms with Crippen LogP contribution in [-0.2, 0) is 4.74 Å². The van der Waals surface area contributed by atoms with Crippen LogP contribution in [0, 0.1) is 5.82 Å². The highest BCUT2D eigenvalue weighted by molar-refractivity contribution is 5.67. The van der Waals surface area contributed by atoms with Crippen LogP contribution in [0.4, 0.5) is 9.18 Å². The van der Waals surface area contributed by atoms with Gasteiger partial charge in [-0.2, -0.15) is 0 Å². The number of nitrogens with one attached hydrogen (secondary N) is 2. The van der Waals surface area contributed by atoms with E-state index in [1.54, 1.807) is 32.9 Å². The molecule has 0 spiro atoms. The largest absolute Gasteiger partial charge is 0.443 e. The summed E-state index contributed by atoms with van der Waals surface area (Å²) in [4.78, 5) is 11.8. The van der Waals surface area contributed by atoms with E-state index < -0.39 is 11.7 Å². The Labute approximate surface area is 135 Å². The van der Waals surface area contributed by atoms with Crippen LogP contribution in [-0.4, -0.2) is 11.7 Å². The second kappa shape index (κ2) is 7.24. The first-order chi connectivity index (χ1) is 10.8. The van der Waals surface area contributed by atoms with Gasteiger partial charge in [-0.25, -0.2) is 14.6 Å². The smallest absolute Gasteiger partial charge is 0.422 e. The molecule has 0 bridgehead atoms. The molecular formula is C18H21FN2O2. The van der Waals surface area contributed by atoms with Crippen molar-refractivity contribution in [3.8, 4) is 0 Å². The highest BCUT2D eigenvalue weighted by atomic mass is 19.1. The van der Waals surface area contributed by atoms with Gasteiger partial charge in [0.1, 0.15) is 11.4 Å². The number of hydrogen-bond acceptors (Lipinski definition) is 3. The van der Waals surface area contributed by atoms with Crippen LogP contribution in [0.5, 0.6) is 0 Å². The third kappa shape index (κ3) is 5.38. The van der Waals surface area contributed by atoms with E-state index in [9.17, 15) is 9.18 Å². The van der Waals surface area contributed by atoms with Crippen LogP contribution >= 0.6 is 0 Å². The van der Waals surface area contributed by atoms with Gasteiger partial charge < -0.3 is 4.74 Å². The minimum absolute atomic E-state index is 0.305. The summed E-state index contributed by atoms with van der Waals surface area (Å²) in [6.45, 7) is 5.38. The van der Waals surface area contributed by atoms with E-state index in [0.29, 0.717) is 0 Å². The summed E-state index contributed by atoms with van der Waals surface area (Å²) >= 11 is 0. The second-order valence-corrected chi connectivity index (χ2v) is 6.17. The van der Waals surface area contributed by atoms with E-state index >= 15 is 0 Å². The van der Waals surface area contributed by atoms with Crippen molar-refractivity contribution in [1.29, 1.82) is 0 Å². The molecule has 5 heteroatoms. The van der Waals surface area contributed by atoms with Gasteiger partial charge in [-0.1, -0.05) is 42.5 Å². The van der Waals surface area contributed by atoms with E-state index in [0.717, 1.165) is 11.1 Å². The van der Waals surface area contributed by atoms with Gasteiger partial charge in [-0.3, -0.25) is 5.43 Å². The molecule has 0 aliphatic carbocycles. The number of ether oxygens (including phenoxy) is 1. The lowest BCUT2D eigenvalue weighted by molar-refractivity contribution is 0.0492. The molecule has 0 aliphatic rings. The third-order valence-electron chi connectivity index (χ3n) is 3.05. The molecule has 23 heavy (non-hydrogen) atoms. The second-order valence-electron chi connectivity index (χ2n) is 6.17. The molecule has 0 aliphatic heterocycles. The van der Waals surface area contributed by atoms with Gasteiger partial charge in [0.25, 0.3) is 0 Å². The summed E-state index contributed by atoms with van der Waals surface area (Å²) in [5.41, 5.74) is 6.68. The topological polar surface area (TPSA) is 50.4 Å². The SMILES string of the molecule is CC(C)(C)OC(=O)NNC(c1ccccc1)c1ccc(F)cc1. The minimum atomic E-state index is -0.579. The summed E-state index contributed by atoms with van der Waals surface area (Å²) < 4.78 is 18.3. The van der Waals surface area contributed by atoms with Crippen molar-refractivity contribution in [1.82, 2.24) is 10.9 Å². The molecule has 2 N–H and O–H groups in total. The van der Waals surface area contributed by atoms with Gasteiger partial charge in [-0.05, 0) is 44.0 Å². The Morgan fingerprint density at radius 3 is 2.13 bits per heavy atom. The predicted octanol–water partition coefficient (Wildman–Crippen LogP) is 3.94. The van der Waals surface area contributed by atoms with Crippen molar-refractivity contribution in [2.45, 2.75) is 32.4 Å². The lowest BCUT2D eigenvalue weighted by Gasteiger charge is -2.23. The molecule has 0 saturated heterocycles. The molecule has 2 rings (SSSR count). The fourth-order valence-electron chi connectivity index (χ4n) is 2.09. The van der Waals surface area contributed by atoms with Crippen LogP contribution in [0.3, 0.4) is 0 Å². The fourth-order valence-corrected chi connectivity index (χ4v) is 2.09. The van der Waals surface area contributed by atoms with Gasteiger partial charge in [0.15, 0.2) is 0 Å². The Balaban J connectivity index is 2.15. The molecule has 4 nitrogen and oxygen atoms in total. The van der Waals surface area contributed by atoms with Crippen LogP contribution < -0.4 is 10.9 Å². The standard InChI is InChI=1S/C18H21FN2O2/c1-18(2,3)23-17(22)21-20-16(13-7-5-4-6-8-13)14-9-11-15(19)12-10-14/h4-12,16,20H,1-3H3,(H,21,22). The third-order valence-corrected chi connectivity index (χ3v) is 3.05. The lowest BCUT2D eigenvalue weighted by Crippen LogP contribution is -2.43. The van der Waals surface area contributed by atoms with E-state index in [1.165, 1.54) is 12.1 Å². The van der Waals surface area contributed by atoms with Gasteiger partial charge >= 0.3 is 6.09 Å². The van der Waals surface area contributed by atoms with Gasteiger partial charge in [0, 0.05) is 0 Å². The summed E-state index contributed by atoms with van der Waals surface area (Å²) in [6, 6.07) is 15.4. The molecular weight excluding hydrogens is 295 g/mol. The molecule has 0 heterocycles. The maximum Gasteiger partial charge on any atom is 0.422 e. The number of hydrogen-bond donors (Lipinski definition) is 2. The van der Waals surface area contributed by atoms with Gasteiger partial charge in [-0.15, -0.1) is 0 Å². The van der Waals surface area contributed by atoms with Gasteiger partial charge in [0.2, 0.25) is 0 Å².